The van der Waals surface area contributed by atoms with E-state index in [1.807, 2.05) is 19.1 Å². The molecule has 0 aromatic heterocycles. The van der Waals surface area contributed by atoms with Crippen molar-refractivity contribution < 1.29 is 4.79 Å². The highest BCUT2D eigenvalue weighted by molar-refractivity contribution is 5.81. The summed E-state index contributed by atoms with van der Waals surface area (Å²) in [5, 5.41) is 6.85. The van der Waals surface area contributed by atoms with Crippen molar-refractivity contribution in [1.82, 2.24) is 10.3 Å². The van der Waals surface area contributed by atoms with Crippen molar-refractivity contribution in [2.24, 2.45) is 0 Å². The lowest BCUT2D eigenvalue weighted by atomic mass is 10.1. The van der Waals surface area contributed by atoms with Crippen molar-refractivity contribution >= 4 is 11.6 Å². The topological polar surface area (TPSA) is 35.6 Å². The molecule has 0 unspecified atom stereocenters. The van der Waals surface area contributed by atoms with Gasteiger partial charge in [0.15, 0.2) is 0 Å². The second-order valence-corrected chi connectivity index (χ2v) is 4.31. The summed E-state index contributed by atoms with van der Waals surface area (Å²) in [6.07, 6.45) is 1.64. The van der Waals surface area contributed by atoms with Crippen molar-refractivity contribution in [2.75, 3.05) is 32.2 Å². The van der Waals surface area contributed by atoms with Crippen molar-refractivity contribution in [3.8, 4) is 0 Å². The molecule has 1 aliphatic rings. The van der Waals surface area contributed by atoms with Gasteiger partial charge >= 0.3 is 0 Å². The van der Waals surface area contributed by atoms with Gasteiger partial charge in [-0.25, -0.2) is 0 Å². The van der Waals surface area contributed by atoms with E-state index in [4.69, 9.17) is 0 Å². The van der Waals surface area contributed by atoms with Crippen LogP contribution in [0.15, 0.2) is 24.3 Å². The fraction of sp³-hybridized carbons (Fsp3) is 0.462. The van der Waals surface area contributed by atoms with Crippen LogP contribution in [-0.4, -0.2) is 38.1 Å². The quantitative estimate of drug-likeness (QED) is 0.844. The van der Waals surface area contributed by atoms with Crippen LogP contribution in [0.25, 0.3) is 0 Å². The molecule has 4 heteroatoms. The maximum atomic E-state index is 11.4. The Labute approximate surface area is 102 Å². The van der Waals surface area contributed by atoms with Crippen molar-refractivity contribution in [3.05, 3.63) is 29.8 Å². The van der Waals surface area contributed by atoms with Gasteiger partial charge in [0.05, 0.1) is 5.69 Å². The number of carbonyl (C=O) groups excluding carboxylic acids is 1. The highest BCUT2D eigenvalue weighted by atomic mass is 16.2. The summed E-state index contributed by atoms with van der Waals surface area (Å²) < 4.78 is 0. The lowest BCUT2D eigenvalue weighted by Gasteiger charge is -2.26. The van der Waals surface area contributed by atoms with Gasteiger partial charge in [0.25, 0.3) is 0 Å². The van der Waals surface area contributed by atoms with Crippen molar-refractivity contribution in [1.29, 1.82) is 0 Å². The Morgan fingerprint density at radius 3 is 2.53 bits per heavy atom. The Bertz CT molecular complexity index is 388. The van der Waals surface area contributed by atoms with Crippen LogP contribution >= 0.6 is 0 Å². The van der Waals surface area contributed by atoms with E-state index >= 15 is 0 Å². The van der Waals surface area contributed by atoms with Crippen LogP contribution in [0, 0.1) is 0 Å². The number of hydrogen-bond donors (Lipinski definition) is 1. The van der Waals surface area contributed by atoms with Gasteiger partial charge in [-0.15, -0.1) is 0 Å². The van der Waals surface area contributed by atoms with Crippen LogP contribution < -0.4 is 10.3 Å². The first-order valence-corrected chi connectivity index (χ1v) is 6.00. The molecule has 0 saturated carbocycles. The Morgan fingerprint density at radius 2 is 2.00 bits per heavy atom. The molecule has 17 heavy (non-hydrogen) atoms. The number of hydrogen-bond acceptors (Lipinski definition) is 3. The smallest absolute Gasteiger partial charge is 0.242 e. The zero-order valence-electron chi connectivity index (χ0n) is 10.4. The average molecular weight is 233 g/mol. The molecule has 0 atom stereocenters. The van der Waals surface area contributed by atoms with Crippen LogP contribution in [-0.2, 0) is 11.2 Å². The second-order valence-electron chi connectivity index (χ2n) is 4.31. The van der Waals surface area contributed by atoms with Crippen LogP contribution in [0.1, 0.15) is 12.0 Å². The molecule has 1 heterocycles. The van der Waals surface area contributed by atoms with E-state index in [-0.39, 0.29) is 5.91 Å². The van der Waals surface area contributed by atoms with Crippen LogP contribution in [0.2, 0.25) is 0 Å². The Balaban J connectivity index is 2.05. The molecule has 0 spiro atoms. The number of rotatable bonds is 4. The normalized spacial score (nSPS) is 15.8. The molecule has 0 aliphatic carbocycles. The molecule has 1 saturated heterocycles. The Hall–Kier alpha value is -1.55. The minimum Gasteiger partial charge on any atom is -0.319 e. The number of likely N-dealkylation sites (N-methyl/N-ethyl adjacent to an activating group) is 1. The lowest BCUT2D eigenvalue weighted by Crippen LogP contribution is -2.35. The predicted octanol–water partition coefficient (Wildman–Crippen LogP) is 1.03. The third-order valence-corrected chi connectivity index (χ3v) is 3.16. The zero-order chi connectivity index (χ0) is 12.3. The van der Waals surface area contributed by atoms with Crippen LogP contribution in [0.4, 0.5) is 5.69 Å². The van der Waals surface area contributed by atoms with Gasteiger partial charge in [-0.1, -0.05) is 12.1 Å². The van der Waals surface area contributed by atoms with Gasteiger partial charge in [0.2, 0.25) is 5.91 Å². The molecule has 2 rings (SSSR count). The molecule has 1 N–H and O–H groups in total. The van der Waals surface area contributed by atoms with E-state index in [1.165, 1.54) is 5.56 Å². The van der Waals surface area contributed by atoms with Crippen LogP contribution in [0.5, 0.6) is 0 Å². The monoisotopic (exact) mass is 233 g/mol. The minimum atomic E-state index is 0.184. The third-order valence-electron chi connectivity index (χ3n) is 3.16. The Morgan fingerprint density at radius 1 is 1.29 bits per heavy atom. The van der Waals surface area contributed by atoms with E-state index in [0.29, 0.717) is 6.42 Å². The number of nitrogens with zero attached hydrogens (tertiary/aromatic N) is 2. The number of carbonyl (C=O) groups is 1. The number of hydrazine groups is 1. The van der Waals surface area contributed by atoms with Crippen molar-refractivity contribution in [3.63, 3.8) is 0 Å². The standard InChI is InChI=1S/C13H19N3O/c1-14-9-7-11-3-5-12(6-4-11)16-10-8-13(17)15(16)2/h3-6,14H,7-10H2,1-2H3. The summed E-state index contributed by atoms with van der Waals surface area (Å²) in [5.41, 5.74) is 2.41. The summed E-state index contributed by atoms with van der Waals surface area (Å²) in [6, 6.07) is 8.42. The fourth-order valence-corrected chi connectivity index (χ4v) is 2.05. The van der Waals surface area contributed by atoms with Gasteiger partial charge in [-0.05, 0) is 37.7 Å². The summed E-state index contributed by atoms with van der Waals surface area (Å²) >= 11 is 0. The molecule has 1 aliphatic heterocycles. The zero-order valence-corrected chi connectivity index (χ0v) is 10.4. The van der Waals surface area contributed by atoms with Gasteiger partial charge in [0.1, 0.15) is 0 Å². The van der Waals surface area contributed by atoms with Gasteiger partial charge in [-0.3, -0.25) is 14.8 Å². The maximum absolute atomic E-state index is 11.4. The van der Waals surface area contributed by atoms with E-state index in [2.05, 4.69) is 29.6 Å². The first-order chi connectivity index (χ1) is 8.22. The number of anilines is 1. The van der Waals surface area contributed by atoms with Crippen LogP contribution in [0.3, 0.4) is 0 Å². The summed E-state index contributed by atoms with van der Waals surface area (Å²) in [6.45, 7) is 1.77. The highest BCUT2D eigenvalue weighted by Crippen LogP contribution is 2.21. The second kappa shape index (κ2) is 5.19. The molecule has 1 amide bonds. The largest absolute Gasteiger partial charge is 0.319 e. The third kappa shape index (κ3) is 2.58. The van der Waals surface area contributed by atoms with Gasteiger partial charge < -0.3 is 5.32 Å². The summed E-state index contributed by atoms with van der Waals surface area (Å²) in [5.74, 6) is 0.184. The maximum Gasteiger partial charge on any atom is 0.242 e. The average Bonchev–Trinajstić information content (AvgIpc) is 2.68. The molecule has 4 nitrogen and oxygen atoms in total. The lowest BCUT2D eigenvalue weighted by molar-refractivity contribution is -0.126. The number of benzene rings is 1. The molecule has 0 radical (unpaired) electrons. The number of nitrogens with one attached hydrogen (secondary N) is 1. The first kappa shape index (κ1) is 11.9. The number of amides is 1. The van der Waals surface area contributed by atoms with Gasteiger partial charge in [0, 0.05) is 20.0 Å². The van der Waals surface area contributed by atoms with E-state index < -0.39 is 0 Å². The predicted molar refractivity (Wildman–Crippen MR) is 68.8 cm³/mol. The first-order valence-electron chi connectivity index (χ1n) is 6.00. The molecular formula is C13H19N3O. The molecule has 92 valence electrons. The minimum absolute atomic E-state index is 0.184. The summed E-state index contributed by atoms with van der Waals surface area (Å²) in [7, 11) is 3.78. The molecular weight excluding hydrogens is 214 g/mol. The van der Waals surface area contributed by atoms with E-state index in [0.717, 1.165) is 25.2 Å². The molecule has 1 fully saturated rings. The van der Waals surface area contributed by atoms with Gasteiger partial charge in [-0.2, -0.15) is 0 Å². The SMILES string of the molecule is CNCCc1ccc(N2CCC(=O)N2C)cc1. The Kier molecular flexibility index (Phi) is 3.64. The van der Waals surface area contributed by atoms with Crippen molar-refractivity contribution in [2.45, 2.75) is 12.8 Å². The van der Waals surface area contributed by atoms with E-state index in [1.54, 1.807) is 5.01 Å². The molecule has 0 bridgehead atoms. The molecule has 1 aromatic carbocycles. The highest BCUT2D eigenvalue weighted by Gasteiger charge is 2.25. The van der Waals surface area contributed by atoms with E-state index in [9.17, 15) is 4.79 Å². The fourth-order valence-electron chi connectivity index (χ4n) is 2.05. The molecule has 1 aromatic rings. The summed E-state index contributed by atoms with van der Waals surface area (Å²) in [4.78, 5) is 11.4.